The standard InChI is InChI=1S/C16H24N4O2/c1-11-13(10-17-18-11)20-15(22)19(3)14(21)16(20,2)9-12-7-5-4-6-8-12/h10,12H,4-9H2,1-3H3,(H,17,18)/t16-/m0/s1. The number of nitrogens with zero attached hydrogens (tertiary/aromatic N) is 3. The summed E-state index contributed by atoms with van der Waals surface area (Å²) < 4.78 is 0. The zero-order valence-corrected chi connectivity index (χ0v) is 13.6. The molecular formula is C16H24N4O2. The summed E-state index contributed by atoms with van der Waals surface area (Å²) in [6, 6.07) is -0.257. The fraction of sp³-hybridized carbons (Fsp3) is 0.688. The molecule has 1 atom stereocenters. The van der Waals surface area contributed by atoms with Crippen LogP contribution in [-0.4, -0.2) is 39.6 Å². The molecule has 0 aromatic carbocycles. The maximum Gasteiger partial charge on any atom is 0.332 e. The summed E-state index contributed by atoms with van der Waals surface area (Å²) >= 11 is 0. The Kier molecular flexibility index (Phi) is 3.70. The van der Waals surface area contributed by atoms with Crippen molar-refractivity contribution >= 4 is 17.6 Å². The third kappa shape index (κ3) is 2.21. The monoisotopic (exact) mass is 304 g/mol. The van der Waals surface area contributed by atoms with Gasteiger partial charge in [0.1, 0.15) is 5.54 Å². The minimum atomic E-state index is -0.803. The second-order valence-corrected chi connectivity index (χ2v) is 6.84. The number of nitrogens with one attached hydrogen (secondary N) is 1. The van der Waals surface area contributed by atoms with Gasteiger partial charge in [-0.15, -0.1) is 0 Å². The summed E-state index contributed by atoms with van der Waals surface area (Å²) in [5, 5.41) is 6.88. The van der Waals surface area contributed by atoms with Crippen molar-refractivity contribution in [1.82, 2.24) is 15.1 Å². The Bertz CT molecular complexity index is 591. The lowest BCUT2D eigenvalue weighted by atomic mass is 9.79. The number of rotatable bonds is 3. The van der Waals surface area contributed by atoms with Crippen LogP contribution in [0.5, 0.6) is 0 Å². The molecule has 1 aromatic rings. The van der Waals surface area contributed by atoms with Gasteiger partial charge in [0, 0.05) is 7.05 Å². The summed E-state index contributed by atoms with van der Waals surface area (Å²) in [4.78, 5) is 28.3. The van der Waals surface area contributed by atoms with Crippen molar-refractivity contribution in [3.05, 3.63) is 11.9 Å². The van der Waals surface area contributed by atoms with Crippen molar-refractivity contribution < 1.29 is 9.59 Å². The quantitative estimate of drug-likeness (QED) is 0.873. The predicted molar refractivity (Wildman–Crippen MR) is 83.6 cm³/mol. The average molecular weight is 304 g/mol. The van der Waals surface area contributed by atoms with E-state index in [0.29, 0.717) is 11.6 Å². The largest absolute Gasteiger partial charge is 0.332 e. The van der Waals surface area contributed by atoms with E-state index in [2.05, 4.69) is 10.2 Å². The first kappa shape index (κ1) is 15.1. The van der Waals surface area contributed by atoms with Gasteiger partial charge in [-0.3, -0.25) is 19.7 Å². The lowest BCUT2D eigenvalue weighted by Crippen LogP contribution is -2.49. The lowest BCUT2D eigenvalue weighted by molar-refractivity contribution is -0.130. The number of hydrogen-bond acceptors (Lipinski definition) is 3. The lowest BCUT2D eigenvalue weighted by Gasteiger charge is -2.35. The molecule has 1 aromatic heterocycles. The Morgan fingerprint density at radius 2 is 2.00 bits per heavy atom. The van der Waals surface area contributed by atoms with Gasteiger partial charge in [0.05, 0.1) is 17.6 Å². The molecule has 0 spiro atoms. The molecule has 1 saturated heterocycles. The third-order valence-corrected chi connectivity index (χ3v) is 5.19. The van der Waals surface area contributed by atoms with Crippen LogP contribution >= 0.6 is 0 Å². The number of anilines is 1. The molecule has 0 radical (unpaired) electrons. The highest BCUT2D eigenvalue weighted by molar-refractivity contribution is 6.16. The van der Waals surface area contributed by atoms with E-state index in [1.165, 1.54) is 24.2 Å². The van der Waals surface area contributed by atoms with E-state index in [-0.39, 0.29) is 11.9 Å². The van der Waals surface area contributed by atoms with Gasteiger partial charge in [0.25, 0.3) is 5.91 Å². The smallest absolute Gasteiger partial charge is 0.281 e. The Morgan fingerprint density at radius 1 is 1.32 bits per heavy atom. The van der Waals surface area contributed by atoms with Crippen LogP contribution in [-0.2, 0) is 4.79 Å². The van der Waals surface area contributed by atoms with Gasteiger partial charge in [-0.05, 0) is 26.2 Å². The first-order valence-electron chi connectivity index (χ1n) is 8.07. The van der Waals surface area contributed by atoms with Crippen molar-refractivity contribution in [3.63, 3.8) is 0 Å². The molecule has 6 heteroatoms. The Balaban J connectivity index is 1.95. The van der Waals surface area contributed by atoms with Crippen molar-refractivity contribution in [2.45, 2.75) is 57.9 Å². The van der Waals surface area contributed by atoms with Crippen LogP contribution < -0.4 is 4.90 Å². The normalized spacial score (nSPS) is 27.0. The number of likely N-dealkylation sites (N-methyl/N-ethyl adjacent to an activating group) is 1. The molecule has 2 aliphatic rings. The molecular weight excluding hydrogens is 280 g/mol. The Morgan fingerprint density at radius 3 is 2.59 bits per heavy atom. The van der Waals surface area contributed by atoms with Crippen molar-refractivity contribution in [2.24, 2.45) is 5.92 Å². The first-order valence-corrected chi connectivity index (χ1v) is 8.07. The number of carbonyl (C=O) groups is 2. The Labute approximate surface area is 130 Å². The zero-order valence-electron chi connectivity index (χ0n) is 13.6. The van der Waals surface area contributed by atoms with Gasteiger partial charge in [0.2, 0.25) is 0 Å². The molecule has 1 N–H and O–H groups in total. The average Bonchev–Trinajstić information content (AvgIpc) is 2.98. The van der Waals surface area contributed by atoms with Crippen LogP contribution in [0.25, 0.3) is 0 Å². The molecule has 1 saturated carbocycles. The van der Waals surface area contributed by atoms with Crippen LogP contribution in [0.2, 0.25) is 0 Å². The number of aryl methyl sites for hydroxylation is 1. The van der Waals surface area contributed by atoms with Crippen molar-refractivity contribution in [2.75, 3.05) is 11.9 Å². The molecule has 3 amide bonds. The molecule has 2 heterocycles. The van der Waals surface area contributed by atoms with E-state index in [1.54, 1.807) is 18.1 Å². The van der Waals surface area contributed by atoms with Crippen LogP contribution in [0.3, 0.4) is 0 Å². The number of aromatic nitrogens is 2. The number of urea groups is 1. The van der Waals surface area contributed by atoms with E-state index in [9.17, 15) is 9.59 Å². The van der Waals surface area contributed by atoms with Gasteiger partial charge < -0.3 is 0 Å². The van der Waals surface area contributed by atoms with Crippen LogP contribution in [0.4, 0.5) is 10.5 Å². The maximum atomic E-state index is 12.8. The van der Waals surface area contributed by atoms with Crippen molar-refractivity contribution in [1.29, 1.82) is 0 Å². The molecule has 1 aliphatic carbocycles. The summed E-state index contributed by atoms with van der Waals surface area (Å²) in [7, 11) is 1.57. The minimum absolute atomic E-state index is 0.108. The molecule has 6 nitrogen and oxygen atoms in total. The van der Waals surface area contributed by atoms with Crippen molar-refractivity contribution in [3.8, 4) is 0 Å². The molecule has 0 unspecified atom stereocenters. The summed E-state index contributed by atoms with van der Waals surface area (Å²) in [6.45, 7) is 3.78. The van der Waals surface area contributed by atoms with Gasteiger partial charge in [0.15, 0.2) is 0 Å². The summed E-state index contributed by atoms with van der Waals surface area (Å²) in [6.07, 6.45) is 8.40. The molecule has 22 heavy (non-hydrogen) atoms. The highest BCUT2D eigenvalue weighted by atomic mass is 16.2. The highest BCUT2D eigenvalue weighted by Gasteiger charge is 2.54. The number of H-pyrrole nitrogens is 1. The van der Waals surface area contributed by atoms with E-state index < -0.39 is 5.54 Å². The topological polar surface area (TPSA) is 69.3 Å². The highest BCUT2D eigenvalue weighted by Crippen LogP contribution is 2.40. The molecule has 1 aliphatic heterocycles. The van der Waals surface area contributed by atoms with E-state index in [4.69, 9.17) is 0 Å². The van der Waals surface area contributed by atoms with E-state index in [0.717, 1.165) is 25.0 Å². The van der Waals surface area contributed by atoms with Gasteiger partial charge >= 0.3 is 6.03 Å². The van der Waals surface area contributed by atoms with Gasteiger partial charge in [-0.2, -0.15) is 5.10 Å². The van der Waals surface area contributed by atoms with Crippen LogP contribution in [0, 0.1) is 12.8 Å². The maximum absolute atomic E-state index is 12.8. The third-order valence-electron chi connectivity index (χ3n) is 5.19. The number of hydrogen-bond donors (Lipinski definition) is 1. The predicted octanol–water partition coefficient (Wildman–Crippen LogP) is 2.85. The van der Waals surface area contributed by atoms with Crippen LogP contribution in [0.1, 0.15) is 51.1 Å². The minimum Gasteiger partial charge on any atom is -0.281 e. The molecule has 2 fully saturated rings. The first-order chi connectivity index (χ1) is 10.4. The second-order valence-electron chi connectivity index (χ2n) is 6.84. The molecule has 0 bridgehead atoms. The number of imide groups is 1. The fourth-order valence-corrected chi connectivity index (χ4v) is 3.98. The summed E-state index contributed by atoms with van der Waals surface area (Å²) in [5.41, 5.74) is 0.718. The molecule has 120 valence electrons. The van der Waals surface area contributed by atoms with Gasteiger partial charge in [-0.1, -0.05) is 32.1 Å². The number of aromatic amines is 1. The number of carbonyl (C=O) groups excluding carboxylic acids is 2. The molecule has 3 rings (SSSR count). The van der Waals surface area contributed by atoms with Crippen LogP contribution in [0.15, 0.2) is 6.20 Å². The fourth-order valence-electron chi connectivity index (χ4n) is 3.98. The Hall–Kier alpha value is -1.85. The van der Waals surface area contributed by atoms with Gasteiger partial charge in [-0.25, -0.2) is 4.79 Å². The van der Waals surface area contributed by atoms with E-state index >= 15 is 0 Å². The number of amides is 3. The second kappa shape index (κ2) is 5.41. The van der Waals surface area contributed by atoms with E-state index in [1.807, 2.05) is 13.8 Å². The summed E-state index contributed by atoms with van der Waals surface area (Å²) in [5.74, 6) is 0.403. The SMILES string of the molecule is Cc1[nH]ncc1N1C(=O)N(C)C(=O)[C@]1(C)CC1CCCCC1. The zero-order chi connectivity index (χ0) is 15.9.